The first-order valence-electron chi connectivity index (χ1n) is 5.07. The first-order chi connectivity index (χ1) is 7.82. The fourth-order valence-electron chi connectivity index (χ4n) is 1.45. The highest BCUT2D eigenvalue weighted by atomic mass is 16.5. The first kappa shape index (κ1) is 13.0. The molecule has 1 aromatic carbocycles. The van der Waals surface area contributed by atoms with E-state index in [-0.39, 0.29) is 28.5 Å². The SMILES string of the molecule is Cc1c(C(=O)[O-])cc(OC(C)C)cc1C(=O)[O-]. The summed E-state index contributed by atoms with van der Waals surface area (Å²) >= 11 is 0. The summed E-state index contributed by atoms with van der Waals surface area (Å²) in [5, 5.41) is 21.7. The number of aromatic carboxylic acids is 2. The van der Waals surface area contributed by atoms with Crippen molar-refractivity contribution in [2.24, 2.45) is 0 Å². The summed E-state index contributed by atoms with van der Waals surface area (Å²) < 4.78 is 5.27. The quantitative estimate of drug-likeness (QED) is 0.703. The van der Waals surface area contributed by atoms with Gasteiger partial charge in [0.25, 0.3) is 0 Å². The number of rotatable bonds is 4. The largest absolute Gasteiger partial charge is 0.545 e. The third-order valence-corrected chi connectivity index (χ3v) is 2.19. The van der Waals surface area contributed by atoms with Crippen molar-refractivity contribution in [3.8, 4) is 5.75 Å². The second kappa shape index (κ2) is 4.86. The predicted octanol–water partition coefficient (Wildman–Crippen LogP) is -0.491. The van der Waals surface area contributed by atoms with Crippen LogP contribution in [-0.4, -0.2) is 18.0 Å². The van der Waals surface area contributed by atoms with E-state index in [9.17, 15) is 19.8 Å². The second-order valence-corrected chi connectivity index (χ2v) is 3.88. The van der Waals surface area contributed by atoms with Crippen LogP contribution in [0.25, 0.3) is 0 Å². The molecule has 0 aliphatic heterocycles. The Balaban J connectivity index is 3.36. The molecule has 0 atom stereocenters. The van der Waals surface area contributed by atoms with Crippen molar-refractivity contribution < 1.29 is 24.5 Å². The molecule has 0 aliphatic carbocycles. The summed E-state index contributed by atoms with van der Waals surface area (Å²) in [5.74, 6) is -2.72. The Kier molecular flexibility index (Phi) is 3.73. The normalized spacial score (nSPS) is 10.4. The lowest BCUT2D eigenvalue weighted by atomic mass is 10.0. The van der Waals surface area contributed by atoms with Gasteiger partial charge in [-0.25, -0.2) is 0 Å². The van der Waals surface area contributed by atoms with Crippen molar-refractivity contribution in [2.75, 3.05) is 0 Å². The number of hydrogen-bond acceptors (Lipinski definition) is 5. The molecule has 17 heavy (non-hydrogen) atoms. The number of hydrogen-bond donors (Lipinski definition) is 0. The zero-order valence-electron chi connectivity index (χ0n) is 9.77. The molecule has 0 saturated carbocycles. The zero-order valence-corrected chi connectivity index (χ0v) is 9.77. The maximum absolute atomic E-state index is 10.9. The van der Waals surface area contributed by atoms with Crippen molar-refractivity contribution in [2.45, 2.75) is 26.9 Å². The Morgan fingerprint density at radius 3 is 1.82 bits per heavy atom. The maximum Gasteiger partial charge on any atom is 0.121 e. The highest BCUT2D eigenvalue weighted by Crippen LogP contribution is 2.22. The van der Waals surface area contributed by atoms with Crippen LogP contribution in [0.5, 0.6) is 5.75 Å². The lowest BCUT2D eigenvalue weighted by Gasteiger charge is -2.17. The number of benzene rings is 1. The van der Waals surface area contributed by atoms with E-state index in [1.165, 1.54) is 19.1 Å². The van der Waals surface area contributed by atoms with E-state index in [4.69, 9.17) is 4.74 Å². The standard InChI is InChI=1S/C12H14O5/c1-6(2)17-8-4-9(11(13)14)7(3)10(5-8)12(15)16/h4-6H,1-3H3,(H,13,14)(H,15,16)/p-2. The van der Waals surface area contributed by atoms with Crippen LogP contribution in [0.15, 0.2) is 12.1 Å². The van der Waals surface area contributed by atoms with Crippen LogP contribution >= 0.6 is 0 Å². The minimum absolute atomic E-state index is 0.0982. The van der Waals surface area contributed by atoms with E-state index in [1.807, 2.05) is 0 Å². The van der Waals surface area contributed by atoms with Crippen molar-refractivity contribution in [3.05, 3.63) is 28.8 Å². The smallest absolute Gasteiger partial charge is 0.121 e. The Morgan fingerprint density at radius 2 is 1.53 bits per heavy atom. The van der Waals surface area contributed by atoms with Crippen molar-refractivity contribution in [1.29, 1.82) is 0 Å². The summed E-state index contributed by atoms with van der Waals surface area (Å²) in [6.07, 6.45) is -0.193. The van der Waals surface area contributed by atoms with Crippen molar-refractivity contribution in [1.82, 2.24) is 0 Å². The first-order valence-corrected chi connectivity index (χ1v) is 5.07. The molecular weight excluding hydrogens is 224 g/mol. The minimum Gasteiger partial charge on any atom is -0.545 e. The van der Waals surface area contributed by atoms with E-state index in [0.717, 1.165) is 0 Å². The van der Waals surface area contributed by atoms with Crippen LogP contribution in [0.3, 0.4) is 0 Å². The Labute approximate surface area is 98.6 Å². The van der Waals surface area contributed by atoms with Gasteiger partial charge in [-0.15, -0.1) is 0 Å². The molecule has 92 valence electrons. The summed E-state index contributed by atoms with van der Waals surface area (Å²) in [6.45, 7) is 4.88. The van der Waals surface area contributed by atoms with Gasteiger partial charge in [-0.2, -0.15) is 0 Å². The molecule has 0 heterocycles. The number of ether oxygens (including phenoxy) is 1. The monoisotopic (exact) mass is 236 g/mol. The van der Waals surface area contributed by atoms with Gasteiger partial charge >= 0.3 is 0 Å². The molecule has 0 amide bonds. The molecule has 0 aliphatic rings. The number of carboxylic acids is 2. The molecule has 0 spiro atoms. The lowest BCUT2D eigenvalue weighted by Crippen LogP contribution is -2.28. The van der Waals surface area contributed by atoms with Crippen LogP contribution in [0, 0.1) is 6.92 Å². The van der Waals surface area contributed by atoms with E-state index in [2.05, 4.69) is 0 Å². The number of carbonyl (C=O) groups is 2. The van der Waals surface area contributed by atoms with Gasteiger partial charge in [0.15, 0.2) is 0 Å². The molecule has 0 radical (unpaired) electrons. The van der Waals surface area contributed by atoms with Gasteiger partial charge in [0, 0.05) is 11.1 Å². The van der Waals surface area contributed by atoms with Crippen LogP contribution < -0.4 is 14.9 Å². The molecule has 0 fully saturated rings. The van der Waals surface area contributed by atoms with Gasteiger partial charge in [0.05, 0.1) is 18.0 Å². The summed E-state index contributed by atoms with van der Waals surface area (Å²) in [7, 11) is 0. The molecule has 0 unspecified atom stereocenters. The van der Waals surface area contributed by atoms with Crippen LogP contribution in [-0.2, 0) is 0 Å². The van der Waals surface area contributed by atoms with E-state index < -0.39 is 11.9 Å². The summed E-state index contributed by atoms with van der Waals surface area (Å²) in [6, 6.07) is 2.49. The molecule has 0 N–H and O–H groups in total. The molecule has 0 bridgehead atoms. The number of carboxylic acid groups (broad SMARTS) is 2. The van der Waals surface area contributed by atoms with Crippen molar-refractivity contribution >= 4 is 11.9 Å². The Morgan fingerprint density at radius 1 is 1.12 bits per heavy atom. The van der Waals surface area contributed by atoms with Gasteiger partial charge < -0.3 is 24.5 Å². The molecule has 1 aromatic rings. The molecular formula is C12H12O5-2. The third-order valence-electron chi connectivity index (χ3n) is 2.19. The lowest BCUT2D eigenvalue weighted by molar-refractivity contribution is -0.255. The average molecular weight is 236 g/mol. The second-order valence-electron chi connectivity index (χ2n) is 3.88. The maximum atomic E-state index is 10.9. The van der Waals surface area contributed by atoms with Crippen LogP contribution in [0.4, 0.5) is 0 Å². The highest BCUT2D eigenvalue weighted by Gasteiger charge is 2.10. The fourth-order valence-corrected chi connectivity index (χ4v) is 1.45. The molecule has 1 rings (SSSR count). The predicted molar refractivity (Wildman–Crippen MR) is 55.6 cm³/mol. The van der Waals surface area contributed by atoms with Gasteiger partial charge in [-0.3, -0.25) is 0 Å². The van der Waals surface area contributed by atoms with Gasteiger partial charge in [-0.1, -0.05) is 0 Å². The van der Waals surface area contributed by atoms with Gasteiger partial charge in [-0.05, 0) is 38.5 Å². The zero-order chi connectivity index (χ0) is 13.2. The Hall–Kier alpha value is -2.04. The Bertz CT molecular complexity index is 427. The van der Waals surface area contributed by atoms with E-state index >= 15 is 0 Å². The highest BCUT2D eigenvalue weighted by molar-refractivity contribution is 5.95. The average Bonchev–Trinajstić information content (AvgIpc) is 2.18. The van der Waals surface area contributed by atoms with Crippen LogP contribution in [0.2, 0.25) is 0 Å². The summed E-state index contributed by atoms with van der Waals surface area (Å²) in [4.78, 5) is 21.7. The minimum atomic E-state index is -1.45. The topological polar surface area (TPSA) is 89.5 Å². The molecule has 5 nitrogen and oxygen atoms in total. The van der Waals surface area contributed by atoms with E-state index in [0.29, 0.717) is 0 Å². The fraction of sp³-hybridized carbons (Fsp3) is 0.333. The summed E-state index contributed by atoms with van der Waals surface area (Å²) in [5.41, 5.74) is -0.314. The third kappa shape index (κ3) is 2.96. The molecule has 5 heteroatoms. The van der Waals surface area contributed by atoms with Gasteiger partial charge in [0.2, 0.25) is 0 Å². The van der Waals surface area contributed by atoms with E-state index in [1.54, 1.807) is 13.8 Å². The van der Waals surface area contributed by atoms with Crippen LogP contribution in [0.1, 0.15) is 40.1 Å². The number of carbonyl (C=O) groups excluding carboxylic acids is 2. The van der Waals surface area contributed by atoms with Crippen molar-refractivity contribution in [3.63, 3.8) is 0 Å². The molecule has 0 aromatic heterocycles. The molecule has 0 saturated heterocycles. The van der Waals surface area contributed by atoms with Gasteiger partial charge in [0.1, 0.15) is 5.75 Å².